The lowest BCUT2D eigenvalue weighted by Crippen LogP contribution is -2.66. The largest absolute Gasteiger partial charge is 0.478 e. The molecule has 0 aliphatic carbocycles. The predicted octanol–water partition coefficient (Wildman–Crippen LogP) is 2.06. The van der Waals surface area contributed by atoms with Crippen molar-refractivity contribution in [3.05, 3.63) is 29.8 Å². The minimum Gasteiger partial charge on any atom is -0.478 e. The van der Waals surface area contributed by atoms with Gasteiger partial charge in [0, 0.05) is 0 Å². The number of hydrogen-bond acceptors (Lipinski definition) is 3. The molecule has 1 aromatic rings. The molecule has 1 aliphatic heterocycles. The molecule has 1 aromatic carbocycles. The van der Waals surface area contributed by atoms with Crippen molar-refractivity contribution in [1.82, 2.24) is 0 Å². The summed E-state index contributed by atoms with van der Waals surface area (Å²) in [6.45, 7) is 3.65. The van der Waals surface area contributed by atoms with E-state index in [-0.39, 0.29) is 17.4 Å². The van der Waals surface area contributed by atoms with Crippen molar-refractivity contribution in [2.75, 3.05) is 4.90 Å². The first-order chi connectivity index (χ1) is 8.97. The molecule has 0 unspecified atom stereocenters. The van der Waals surface area contributed by atoms with Crippen LogP contribution in [0.15, 0.2) is 24.3 Å². The van der Waals surface area contributed by atoms with Crippen molar-refractivity contribution in [3.8, 4) is 0 Å². The molecule has 1 N–H and O–H groups in total. The number of β-lactam (4-membered cyclic amide) rings is 2. The van der Waals surface area contributed by atoms with Gasteiger partial charge < -0.3 is 5.11 Å². The van der Waals surface area contributed by atoms with Gasteiger partial charge in [0.15, 0.2) is 0 Å². The third-order valence-corrected chi connectivity index (χ3v) is 3.80. The van der Waals surface area contributed by atoms with Crippen LogP contribution in [-0.2, 0) is 9.59 Å². The fourth-order valence-electron chi connectivity index (χ4n) is 2.40. The Bertz CT molecular complexity index is 525. The zero-order valence-corrected chi connectivity index (χ0v) is 10.8. The second-order valence-electron chi connectivity index (χ2n) is 4.59. The van der Waals surface area contributed by atoms with Crippen LogP contribution in [0.1, 0.15) is 37.0 Å². The number of imide groups is 1. The standard InChI is InChI=1S/C14H15NO4/c1-3-14(4-2)12(18)15(13(14)19)10-7-5-9(6-8-10)11(16)17/h5-8H,3-4H2,1-2H3,(H,16,17). The van der Waals surface area contributed by atoms with E-state index in [0.717, 1.165) is 4.90 Å². The minimum atomic E-state index is -1.04. The molecule has 0 atom stereocenters. The van der Waals surface area contributed by atoms with Gasteiger partial charge in [0.2, 0.25) is 11.8 Å². The Morgan fingerprint density at radius 2 is 1.58 bits per heavy atom. The Morgan fingerprint density at radius 3 is 1.95 bits per heavy atom. The number of carbonyl (C=O) groups excluding carboxylic acids is 2. The topological polar surface area (TPSA) is 74.7 Å². The van der Waals surface area contributed by atoms with Gasteiger partial charge in [0.1, 0.15) is 5.41 Å². The molecular weight excluding hydrogens is 246 g/mol. The third-order valence-electron chi connectivity index (χ3n) is 3.80. The Labute approximate surface area is 110 Å². The number of benzene rings is 1. The zero-order chi connectivity index (χ0) is 14.2. The monoisotopic (exact) mass is 261 g/mol. The van der Waals surface area contributed by atoms with E-state index in [0.29, 0.717) is 18.5 Å². The predicted molar refractivity (Wildman–Crippen MR) is 68.9 cm³/mol. The van der Waals surface area contributed by atoms with E-state index < -0.39 is 11.4 Å². The van der Waals surface area contributed by atoms with Crippen LogP contribution in [-0.4, -0.2) is 22.9 Å². The van der Waals surface area contributed by atoms with E-state index in [1.54, 1.807) is 0 Å². The number of carbonyl (C=O) groups is 3. The highest BCUT2D eigenvalue weighted by Gasteiger charge is 2.58. The van der Waals surface area contributed by atoms with Crippen molar-refractivity contribution >= 4 is 23.5 Å². The third kappa shape index (κ3) is 1.73. The molecule has 5 nitrogen and oxygen atoms in total. The molecule has 1 fully saturated rings. The summed E-state index contributed by atoms with van der Waals surface area (Å²) in [5, 5.41) is 8.80. The molecule has 1 aliphatic rings. The van der Waals surface area contributed by atoms with Gasteiger partial charge in [-0.25, -0.2) is 9.69 Å². The van der Waals surface area contributed by atoms with E-state index in [1.807, 2.05) is 13.8 Å². The molecule has 19 heavy (non-hydrogen) atoms. The van der Waals surface area contributed by atoms with Gasteiger partial charge in [-0.3, -0.25) is 9.59 Å². The SMILES string of the molecule is CCC1(CC)C(=O)N(c2ccc(C(=O)O)cc2)C1=O. The maximum absolute atomic E-state index is 12.2. The molecule has 5 heteroatoms. The number of rotatable bonds is 4. The minimum absolute atomic E-state index is 0.126. The van der Waals surface area contributed by atoms with Crippen LogP contribution < -0.4 is 4.90 Å². The summed E-state index contributed by atoms with van der Waals surface area (Å²) in [7, 11) is 0. The van der Waals surface area contributed by atoms with Crippen LogP contribution in [0.5, 0.6) is 0 Å². The van der Waals surface area contributed by atoms with Crippen LogP contribution in [0.25, 0.3) is 0 Å². The Hall–Kier alpha value is -2.17. The fraction of sp³-hybridized carbons (Fsp3) is 0.357. The molecule has 0 spiro atoms. The quantitative estimate of drug-likeness (QED) is 0.665. The van der Waals surface area contributed by atoms with Gasteiger partial charge in [-0.2, -0.15) is 0 Å². The van der Waals surface area contributed by atoms with Crippen molar-refractivity contribution < 1.29 is 19.5 Å². The summed E-state index contributed by atoms with van der Waals surface area (Å²) in [5.41, 5.74) is -0.329. The molecule has 1 saturated heterocycles. The first kappa shape index (κ1) is 13.3. The Morgan fingerprint density at radius 1 is 1.11 bits per heavy atom. The maximum Gasteiger partial charge on any atom is 0.335 e. The lowest BCUT2D eigenvalue weighted by Gasteiger charge is -2.45. The van der Waals surface area contributed by atoms with Crippen LogP contribution in [0.2, 0.25) is 0 Å². The van der Waals surface area contributed by atoms with Crippen molar-refractivity contribution in [2.24, 2.45) is 5.41 Å². The maximum atomic E-state index is 12.2. The average molecular weight is 261 g/mol. The Balaban J connectivity index is 2.28. The Kier molecular flexibility index (Phi) is 3.14. The summed E-state index contributed by atoms with van der Waals surface area (Å²) in [6.07, 6.45) is 0.982. The number of aromatic carboxylic acids is 1. The van der Waals surface area contributed by atoms with Crippen LogP contribution in [0.3, 0.4) is 0 Å². The summed E-state index contributed by atoms with van der Waals surface area (Å²) < 4.78 is 0. The number of anilines is 1. The summed E-state index contributed by atoms with van der Waals surface area (Å²) in [4.78, 5) is 36.2. The average Bonchev–Trinajstić information content (AvgIpc) is 2.41. The molecular formula is C14H15NO4. The molecule has 1 heterocycles. The van der Waals surface area contributed by atoms with Gasteiger partial charge in [-0.1, -0.05) is 13.8 Å². The highest BCUT2D eigenvalue weighted by molar-refractivity contribution is 6.36. The van der Waals surface area contributed by atoms with E-state index >= 15 is 0 Å². The smallest absolute Gasteiger partial charge is 0.335 e. The number of carboxylic acid groups (broad SMARTS) is 1. The zero-order valence-electron chi connectivity index (χ0n) is 10.8. The molecule has 2 rings (SSSR count). The molecule has 0 radical (unpaired) electrons. The van der Waals surface area contributed by atoms with Gasteiger partial charge in [-0.05, 0) is 37.1 Å². The van der Waals surface area contributed by atoms with E-state index in [9.17, 15) is 14.4 Å². The number of hydrogen-bond donors (Lipinski definition) is 1. The number of amides is 2. The second-order valence-corrected chi connectivity index (χ2v) is 4.59. The number of carboxylic acids is 1. The van der Waals surface area contributed by atoms with Gasteiger partial charge in [0.05, 0.1) is 11.3 Å². The fourth-order valence-corrected chi connectivity index (χ4v) is 2.40. The van der Waals surface area contributed by atoms with E-state index in [2.05, 4.69) is 0 Å². The van der Waals surface area contributed by atoms with Gasteiger partial charge in [-0.15, -0.1) is 0 Å². The van der Waals surface area contributed by atoms with Gasteiger partial charge >= 0.3 is 5.97 Å². The summed E-state index contributed by atoms with van der Waals surface area (Å²) >= 11 is 0. The first-order valence-corrected chi connectivity index (χ1v) is 6.20. The highest BCUT2D eigenvalue weighted by Crippen LogP contribution is 2.42. The van der Waals surface area contributed by atoms with Crippen LogP contribution >= 0.6 is 0 Å². The molecule has 0 saturated carbocycles. The van der Waals surface area contributed by atoms with Crippen molar-refractivity contribution in [3.63, 3.8) is 0 Å². The highest BCUT2D eigenvalue weighted by atomic mass is 16.4. The van der Waals surface area contributed by atoms with Gasteiger partial charge in [0.25, 0.3) is 0 Å². The number of nitrogens with zero attached hydrogens (tertiary/aromatic N) is 1. The second kappa shape index (κ2) is 4.50. The van der Waals surface area contributed by atoms with E-state index in [1.165, 1.54) is 24.3 Å². The summed E-state index contributed by atoms with van der Waals surface area (Å²) in [5.74, 6) is -1.44. The van der Waals surface area contributed by atoms with Crippen molar-refractivity contribution in [1.29, 1.82) is 0 Å². The lowest BCUT2D eigenvalue weighted by molar-refractivity contribution is -0.153. The molecule has 0 bridgehead atoms. The van der Waals surface area contributed by atoms with E-state index in [4.69, 9.17) is 5.11 Å². The van der Waals surface area contributed by atoms with Crippen molar-refractivity contribution in [2.45, 2.75) is 26.7 Å². The van der Waals surface area contributed by atoms with Crippen LogP contribution in [0.4, 0.5) is 5.69 Å². The normalized spacial score (nSPS) is 17.3. The molecule has 0 aromatic heterocycles. The lowest BCUT2D eigenvalue weighted by atomic mass is 9.73. The molecule has 100 valence electrons. The molecule has 2 amide bonds. The van der Waals surface area contributed by atoms with Crippen LogP contribution in [0, 0.1) is 5.41 Å². The summed E-state index contributed by atoms with van der Waals surface area (Å²) in [6, 6.07) is 5.73. The first-order valence-electron chi connectivity index (χ1n) is 6.20.